The van der Waals surface area contributed by atoms with Crippen LogP contribution in [0.1, 0.15) is 17.0 Å². The second-order valence-corrected chi connectivity index (χ2v) is 4.83. The standard InChI is InChI=1S/C16H21N3O2/c1-10-6-7-12(16(21-5)11(10)2)13-8-14(17-3)19-15(18-13)9-20-4/h6-8H,9H2,1-5H3,(H,17,18,19). The van der Waals surface area contributed by atoms with E-state index in [1.54, 1.807) is 14.2 Å². The first-order chi connectivity index (χ1) is 10.1. The van der Waals surface area contributed by atoms with E-state index in [-0.39, 0.29) is 0 Å². The van der Waals surface area contributed by atoms with Crippen LogP contribution >= 0.6 is 0 Å². The Morgan fingerprint density at radius 1 is 1.14 bits per heavy atom. The molecule has 0 radical (unpaired) electrons. The maximum absolute atomic E-state index is 5.57. The molecular weight excluding hydrogens is 266 g/mol. The Morgan fingerprint density at radius 2 is 1.90 bits per heavy atom. The first-order valence-corrected chi connectivity index (χ1v) is 6.80. The number of aryl methyl sites for hydroxylation is 1. The van der Waals surface area contributed by atoms with Crippen molar-refractivity contribution in [3.05, 3.63) is 35.2 Å². The minimum absolute atomic E-state index is 0.371. The molecule has 0 unspecified atom stereocenters. The number of benzene rings is 1. The summed E-state index contributed by atoms with van der Waals surface area (Å²) in [5.41, 5.74) is 4.08. The Bertz CT molecular complexity index is 642. The van der Waals surface area contributed by atoms with Crippen LogP contribution in [-0.2, 0) is 11.3 Å². The number of hydrogen-bond donors (Lipinski definition) is 1. The second kappa shape index (κ2) is 6.54. The van der Waals surface area contributed by atoms with E-state index in [9.17, 15) is 0 Å². The van der Waals surface area contributed by atoms with Crippen molar-refractivity contribution < 1.29 is 9.47 Å². The molecule has 0 aliphatic heterocycles. The van der Waals surface area contributed by atoms with Crippen molar-refractivity contribution in [3.8, 4) is 17.0 Å². The number of rotatable bonds is 5. The van der Waals surface area contributed by atoms with Gasteiger partial charge in [-0.3, -0.25) is 0 Å². The van der Waals surface area contributed by atoms with Gasteiger partial charge in [-0.05, 0) is 31.0 Å². The van der Waals surface area contributed by atoms with Crippen molar-refractivity contribution in [2.24, 2.45) is 0 Å². The summed E-state index contributed by atoms with van der Waals surface area (Å²) >= 11 is 0. The van der Waals surface area contributed by atoms with Crippen molar-refractivity contribution in [1.82, 2.24) is 9.97 Å². The van der Waals surface area contributed by atoms with Gasteiger partial charge in [-0.15, -0.1) is 0 Å². The molecule has 1 heterocycles. The van der Waals surface area contributed by atoms with Gasteiger partial charge in [-0.25, -0.2) is 9.97 Å². The summed E-state index contributed by atoms with van der Waals surface area (Å²) in [6.07, 6.45) is 0. The van der Waals surface area contributed by atoms with Crippen LogP contribution in [-0.4, -0.2) is 31.2 Å². The highest BCUT2D eigenvalue weighted by molar-refractivity contribution is 5.72. The molecule has 1 N–H and O–H groups in total. The van der Waals surface area contributed by atoms with E-state index in [0.717, 1.165) is 28.4 Å². The SMILES string of the molecule is CNc1cc(-c2ccc(C)c(C)c2OC)nc(COC)n1. The fraction of sp³-hybridized carbons (Fsp3) is 0.375. The zero-order valence-corrected chi connectivity index (χ0v) is 13.2. The topological polar surface area (TPSA) is 56.3 Å². The summed E-state index contributed by atoms with van der Waals surface area (Å²) in [5, 5.41) is 3.05. The van der Waals surface area contributed by atoms with Crippen molar-refractivity contribution >= 4 is 5.82 Å². The maximum atomic E-state index is 5.57. The zero-order chi connectivity index (χ0) is 15.4. The third kappa shape index (κ3) is 3.13. The fourth-order valence-electron chi connectivity index (χ4n) is 2.21. The molecule has 1 aromatic carbocycles. The van der Waals surface area contributed by atoms with Gasteiger partial charge in [0.05, 0.1) is 12.8 Å². The Hall–Kier alpha value is -2.14. The van der Waals surface area contributed by atoms with Gasteiger partial charge >= 0.3 is 0 Å². The van der Waals surface area contributed by atoms with Crippen LogP contribution in [0.2, 0.25) is 0 Å². The van der Waals surface area contributed by atoms with Gasteiger partial charge in [-0.2, -0.15) is 0 Å². The average Bonchev–Trinajstić information content (AvgIpc) is 2.49. The lowest BCUT2D eigenvalue weighted by Gasteiger charge is -2.14. The number of anilines is 1. The van der Waals surface area contributed by atoms with Gasteiger partial charge in [0.1, 0.15) is 18.2 Å². The molecule has 0 bridgehead atoms. The van der Waals surface area contributed by atoms with Crippen molar-refractivity contribution in [3.63, 3.8) is 0 Å². The quantitative estimate of drug-likeness (QED) is 0.916. The lowest BCUT2D eigenvalue weighted by atomic mass is 10.0. The van der Waals surface area contributed by atoms with E-state index in [1.165, 1.54) is 5.56 Å². The van der Waals surface area contributed by atoms with E-state index >= 15 is 0 Å². The van der Waals surface area contributed by atoms with Crippen molar-refractivity contribution in [2.45, 2.75) is 20.5 Å². The lowest BCUT2D eigenvalue weighted by molar-refractivity contribution is 0.178. The summed E-state index contributed by atoms with van der Waals surface area (Å²) in [4.78, 5) is 8.94. The molecule has 0 aliphatic carbocycles. The molecule has 2 rings (SSSR count). The van der Waals surface area contributed by atoms with Gasteiger partial charge < -0.3 is 14.8 Å². The molecule has 0 saturated heterocycles. The normalized spacial score (nSPS) is 10.5. The molecule has 5 nitrogen and oxygen atoms in total. The minimum Gasteiger partial charge on any atom is -0.496 e. The molecular formula is C16H21N3O2. The number of nitrogens with one attached hydrogen (secondary N) is 1. The molecule has 1 aromatic heterocycles. The predicted molar refractivity (Wildman–Crippen MR) is 83.8 cm³/mol. The van der Waals surface area contributed by atoms with E-state index in [0.29, 0.717) is 12.4 Å². The molecule has 112 valence electrons. The average molecular weight is 287 g/mol. The van der Waals surface area contributed by atoms with Crippen LogP contribution in [0, 0.1) is 13.8 Å². The van der Waals surface area contributed by atoms with Crippen molar-refractivity contribution in [2.75, 3.05) is 26.6 Å². The molecule has 0 atom stereocenters. The highest BCUT2D eigenvalue weighted by Gasteiger charge is 2.14. The largest absolute Gasteiger partial charge is 0.496 e. The van der Waals surface area contributed by atoms with Crippen LogP contribution in [0.15, 0.2) is 18.2 Å². The van der Waals surface area contributed by atoms with Crippen LogP contribution in [0.4, 0.5) is 5.82 Å². The third-order valence-corrected chi connectivity index (χ3v) is 3.46. The first kappa shape index (κ1) is 15.3. The third-order valence-electron chi connectivity index (χ3n) is 3.46. The summed E-state index contributed by atoms with van der Waals surface area (Å²) in [7, 11) is 5.15. The summed E-state index contributed by atoms with van der Waals surface area (Å²) in [5.74, 6) is 2.24. The Labute approximate surface area is 125 Å². The monoisotopic (exact) mass is 287 g/mol. The number of ether oxygens (including phenoxy) is 2. The highest BCUT2D eigenvalue weighted by Crippen LogP contribution is 2.34. The smallest absolute Gasteiger partial charge is 0.157 e. The van der Waals surface area contributed by atoms with E-state index in [1.807, 2.05) is 26.1 Å². The minimum atomic E-state index is 0.371. The molecule has 0 fully saturated rings. The summed E-state index contributed by atoms with van der Waals surface area (Å²) < 4.78 is 10.7. The van der Waals surface area contributed by atoms with Gasteiger partial charge in [0.15, 0.2) is 5.82 Å². The molecule has 2 aromatic rings. The molecule has 0 spiro atoms. The second-order valence-electron chi connectivity index (χ2n) is 4.83. The molecule has 0 saturated carbocycles. The number of aromatic nitrogens is 2. The van der Waals surface area contributed by atoms with Crippen LogP contribution in [0.5, 0.6) is 5.75 Å². The van der Waals surface area contributed by atoms with Crippen LogP contribution in [0.25, 0.3) is 11.3 Å². The summed E-state index contributed by atoms with van der Waals surface area (Å²) in [6, 6.07) is 6.01. The number of hydrogen-bond acceptors (Lipinski definition) is 5. The van der Waals surface area contributed by atoms with Crippen LogP contribution in [0.3, 0.4) is 0 Å². The van der Waals surface area contributed by atoms with Gasteiger partial charge in [0.2, 0.25) is 0 Å². The van der Waals surface area contributed by atoms with E-state index < -0.39 is 0 Å². The zero-order valence-electron chi connectivity index (χ0n) is 13.2. The Morgan fingerprint density at radius 3 is 2.52 bits per heavy atom. The van der Waals surface area contributed by atoms with E-state index in [2.05, 4.69) is 28.3 Å². The fourth-order valence-corrected chi connectivity index (χ4v) is 2.21. The molecule has 5 heteroatoms. The maximum Gasteiger partial charge on any atom is 0.157 e. The lowest BCUT2D eigenvalue weighted by Crippen LogP contribution is -2.04. The van der Waals surface area contributed by atoms with Gasteiger partial charge in [0, 0.05) is 25.8 Å². The molecule has 0 aliphatic rings. The number of methoxy groups -OCH3 is 2. The van der Waals surface area contributed by atoms with Gasteiger partial charge in [-0.1, -0.05) is 6.07 Å². The number of nitrogens with zero attached hydrogens (tertiary/aromatic N) is 2. The van der Waals surface area contributed by atoms with E-state index in [4.69, 9.17) is 9.47 Å². The summed E-state index contributed by atoms with van der Waals surface area (Å²) in [6.45, 7) is 4.49. The molecule has 21 heavy (non-hydrogen) atoms. The highest BCUT2D eigenvalue weighted by atomic mass is 16.5. The van der Waals surface area contributed by atoms with Gasteiger partial charge in [0.25, 0.3) is 0 Å². The van der Waals surface area contributed by atoms with Crippen LogP contribution < -0.4 is 10.1 Å². The Kier molecular flexibility index (Phi) is 4.75. The predicted octanol–water partition coefficient (Wildman–Crippen LogP) is 2.96. The Balaban J connectivity index is 2.60. The molecule has 0 amide bonds. The van der Waals surface area contributed by atoms with Crippen molar-refractivity contribution in [1.29, 1.82) is 0 Å². The first-order valence-electron chi connectivity index (χ1n) is 6.80.